The number of pyridine rings is 1. The molecule has 0 unspecified atom stereocenters. The summed E-state index contributed by atoms with van der Waals surface area (Å²) in [6, 6.07) is 16.8. The molecule has 2 heterocycles. The third kappa shape index (κ3) is 4.12. The van der Waals surface area contributed by atoms with Crippen molar-refractivity contribution in [2.75, 3.05) is 0 Å². The Kier molecular flexibility index (Phi) is 5.39. The van der Waals surface area contributed by atoms with Crippen LogP contribution in [0.25, 0.3) is 10.8 Å². The first-order chi connectivity index (χ1) is 14.5. The monoisotopic (exact) mass is 398 g/mol. The van der Waals surface area contributed by atoms with Crippen molar-refractivity contribution < 1.29 is 4.79 Å². The number of hydrogen-bond donors (Lipinski definition) is 1. The molecule has 0 aliphatic carbocycles. The SMILES string of the molecule is Cc1cc(C)cc(C(=O)NCc2nn(Cc3cccnc3)c(=O)c3ccccc23)c1. The molecule has 0 bridgehead atoms. The predicted molar refractivity (Wildman–Crippen MR) is 116 cm³/mol. The third-order valence-corrected chi connectivity index (χ3v) is 4.90. The zero-order valence-corrected chi connectivity index (χ0v) is 16.9. The van der Waals surface area contributed by atoms with Crippen LogP contribution in [0, 0.1) is 13.8 Å². The first-order valence-corrected chi connectivity index (χ1v) is 9.75. The maximum Gasteiger partial charge on any atom is 0.274 e. The molecule has 2 aromatic carbocycles. The van der Waals surface area contributed by atoms with Crippen molar-refractivity contribution in [1.82, 2.24) is 20.1 Å². The molecule has 4 aromatic rings. The van der Waals surface area contributed by atoms with Gasteiger partial charge in [-0.3, -0.25) is 14.6 Å². The number of aryl methyl sites for hydroxylation is 2. The highest BCUT2D eigenvalue weighted by Gasteiger charge is 2.13. The van der Waals surface area contributed by atoms with E-state index in [4.69, 9.17) is 0 Å². The van der Waals surface area contributed by atoms with Crippen LogP contribution in [0.1, 0.15) is 32.7 Å². The van der Waals surface area contributed by atoms with Gasteiger partial charge in [-0.15, -0.1) is 0 Å². The summed E-state index contributed by atoms with van der Waals surface area (Å²) in [6.45, 7) is 4.47. The standard InChI is InChI=1S/C24H22N4O2/c1-16-10-17(2)12-19(11-16)23(29)26-14-22-20-7-3-4-8-21(20)24(30)28(27-22)15-18-6-5-9-25-13-18/h3-13H,14-15H2,1-2H3,(H,26,29). The van der Waals surface area contributed by atoms with Gasteiger partial charge in [0.05, 0.1) is 24.2 Å². The lowest BCUT2D eigenvalue weighted by Crippen LogP contribution is -2.29. The van der Waals surface area contributed by atoms with Gasteiger partial charge in [0, 0.05) is 23.3 Å². The van der Waals surface area contributed by atoms with Crippen molar-refractivity contribution in [3.63, 3.8) is 0 Å². The molecule has 1 amide bonds. The minimum Gasteiger partial charge on any atom is -0.346 e. The summed E-state index contributed by atoms with van der Waals surface area (Å²) in [5, 5.41) is 8.82. The number of aromatic nitrogens is 3. The fraction of sp³-hybridized carbons (Fsp3) is 0.167. The van der Waals surface area contributed by atoms with E-state index < -0.39 is 0 Å². The molecular weight excluding hydrogens is 376 g/mol. The number of fused-ring (bicyclic) bond motifs is 1. The second-order valence-corrected chi connectivity index (χ2v) is 7.38. The molecule has 30 heavy (non-hydrogen) atoms. The van der Waals surface area contributed by atoms with Crippen molar-refractivity contribution in [3.8, 4) is 0 Å². The molecule has 4 rings (SSSR count). The fourth-order valence-electron chi connectivity index (χ4n) is 3.58. The van der Waals surface area contributed by atoms with E-state index in [1.165, 1.54) is 4.68 Å². The van der Waals surface area contributed by atoms with Crippen LogP contribution in [0.2, 0.25) is 0 Å². The zero-order chi connectivity index (χ0) is 21.1. The van der Waals surface area contributed by atoms with Gasteiger partial charge in [0.15, 0.2) is 0 Å². The second kappa shape index (κ2) is 8.29. The molecule has 150 valence electrons. The highest BCUT2D eigenvalue weighted by atomic mass is 16.1. The van der Waals surface area contributed by atoms with Crippen LogP contribution in [0.15, 0.2) is 71.8 Å². The van der Waals surface area contributed by atoms with E-state index in [2.05, 4.69) is 15.4 Å². The summed E-state index contributed by atoms with van der Waals surface area (Å²) < 4.78 is 1.43. The number of benzene rings is 2. The largest absolute Gasteiger partial charge is 0.346 e. The molecule has 6 nitrogen and oxygen atoms in total. The van der Waals surface area contributed by atoms with Gasteiger partial charge in [-0.05, 0) is 43.7 Å². The molecule has 0 spiro atoms. The van der Waals surface area contributed by atoms with Gasteiger partial charge in [-0.25, -0.2) is 4.68 Å². The fourth-order valence-corrected chi connectivity index (χ4v) is 3.58. The van der Waals surface area contributed by atoms with Crippen LogP contribution < -0.4 is 10.9 Å². The lowest BCUT2D eigenvalue weighted by molar-refractivity contribution is 0.0950. The third-order valence-electron chi connectivity index (χ3n) is 4.90. The molecule has 0 fully saturated rings. The van der Waals surface area contributed by atoms with Crippen LogP contribution in [0.3, 0.4) is 0 Å². The lowest BCUT2D eigenvalue weighted by atomic mass is 10.1. The summed E-state index contributed by atoms with van der Waals surface area (Å²) in [4.78, 5) is 29.7. The Morgan fingerprint density at radius 3 is 2.43 bits per heavy atom. The Morgan fingerprint density at radius 1 is 1.00 bits per heavy atom. The van der Waals surface area contributed by atoms with Gasteiger partial charge in [0.25, 0.3) is 11.5 Å². The summed E-state index contributed by atoms with van der Waals surface area (Å²) in [7, 11) is 0. The molecular formula is C24H22N4O2. The van der Waals surface area contributed by atoms with E-state index in [0.717, 1.165) is 22.1 Å². The van der Waals surface area contributed by atoms with Crippen molar-refractivity contribution in [1.29, 1.82) is 0 Å². The molecule has 0 aliphatic rings. The molecule has 1 N–H and O–H groups in total. The normalized spacial score (nSPS) is 10.9. The van der Waals surface area contributed by atoms with Crippen molar-refractivity contribution >= 4 is 16.7 Å². The molecule has 2 aromatic heterocycles. The van der Waals surface area contributed by atoms with E-state index in [1.54, 1.807) is 18.5 Å². The Bertz CT molecular complexity index is 1260. The Morgan fingerprint density at radius 2 is 1.73 bits per heavy atom. The second-order valence-electron chi connectivity index (χ2n) is 7.38. The molecule has 0 aliphatic heterocycles. The average molecular weight is 398 g/mol. The van der Waals surface area contributed by atoms with Crippen molar-refractivity contribution in [2.45, 2.75) is 26.9 Å². The van der Waals surface area contributed by atoms with E-state index in [-0.39, 0.29) is 18.0 Å². The molecule has 0 radical (unpaired) electrons. The Hall–Kier alpha value is -3.80. The number of amides is 1. The molecule has 6 heteroatoms. The average Bonchev–Trinajstić information content (AvgIpc) is 2.74. The minimum absolute atomic E-state index is 0.168. The zero-order valence-electron chi connectivity index (χ0n) is 16.9. The summed E-state index contributed by atoms with van der Waals surface area (Å²) in [5.74, 6) is -0.169. The molecule has 0 saturated carbocycles. The van der Waals surface area contributed by atoms with Crippen LogP contribution >= 0.6 is 0 Å². The van der Waals surface area contributed by atoms with Crippen molar-refractivity contribution in [3.05, 3.63) is 105 Å². The number of hydrogen-bond acceptors (Lipinski definition) is 4. The van der Waals surface area contributed by atoms with Crippen LogP contribution in [0.5, 0.6) is 0 Å². The topological polar surface area (TPSA) is 76.9 Å². The van der Waals surface area contributed by atoms with Gasteiger partial charge in [0.1, 0.15) is 0 Å². The smallest absolute Gasteiger partial charge is 0.274 e. The maximum atomic E-state index is 12.9. The Balaban J connectivity index is 1.66. The van der Waals surface area contributed by atoms with Crippen LogP contribution in [0.4, 0.5) is 0 Å². The number of carbonyl (C=O) groups excluding carboxylic acids is 1. The highest BCUT2D eigenvalue weighted by Crippen LogP contribution is 2.14. The molecule has 0 atom stereocenters. The number of carbonyl (C=O) groups is 1. The maximum absolute atomic E-state index is 12.9. The number of rotatable bonds is 5. The minimum atomic E-state index is -0.169. The lowest BCUT2D eigenvalue weighted by Gasteiger charge is -2.12. The van der Waals surface area contributed by atoms with Crippen LogP contribution in [-0.4, -0.2) is 20.7 Å². The van der Waals surface area contributed by atoms with E-state index >= 15 is 0 Å². The van der Waals surface area contributed by atoms with Gasteiger partial charge in [0.2, 0.25) is 0 Å². The van der Waals surface area contributed by atoms with Gasteiger partial charge < -0.3 is 5.32 Å². The highest BCUT2D eigenvalue weighted by molar-refractivity contribution is 5.94. The number of nitrogens with one attached hydrogen (secondary N) is 1. The summed E-state index contributed by atoms with van der Waals surface area (Å²) >= 11 is 0. The summed E-state index contributed by atoms with van der Waals surface area (Å²) in [5.41, 5.74) is 4.04. The quantitative estimate of drug-likeness (QED) is 0.559. The van der Waals surface area contributed by atoms with E-state index in [0.29, 0.717) is 23.2 Å². The van der Waals surface area contributed by atoms with Crippen LogP contribution in [-0.2, 0) is 13.1 Å². The Labute approximate surface area is 174 Å². The van der Waals surface area contributed by atoms with Gasteiger partial charge in [-0.2, -0.15) is 5.10 Å². The van der Waals surface area contributed by atoms with Gasteiger partial charge >= 0.3 is 0 Å². The molecule has 0 saturated heterocycles. The number of nitrogens with zero attached hydrogens (tertiary/aromatic N) is 3. The van der Waals surface area contributed by atoms with Gasteiger partial charge in [-0.1, -0.05) is 41.5 Å². The van der Waals surface area contributed by atoms with E-state index in [9.17, 15) is 9.59 Å². The van der Waals surface area contributed by atoms with Crippen molar-refractivity contribution in [2.24, 2.45) is 0 Å². The predicted octanol–water partition coefficient (Wildman–Crippen LogP) is 3.39. The first-order valence-electron chi connectivity index (χ1n) is 9.75. The first kappa shape index (κ1) is 19.5. The summed E-state index contributed by atoms with van der Waals surface area (Å²) in [6.07, 6.45) is 3.40. The van der Waals surface area contributed by atoms with E-state index in [1.807, 2.05) is 62.4 Å².